The summed E-state index contributed by atoms with van der Waals surface area (Å²) in [6.45, 7) is 2.14. The molecule has 0 radical (unpaired) electrons. The summed E-state index contributed by atoms with van der Waals surface area (Å²) in [5.41, 5.74) is 2.23. The molecule has 17 heavy (non-hydrogen) atoms. The van der Waals surface area contributed by atoms with Crippen LogP contribution in [0.15, 0.2) is 24.3 Å². The van der Waals surface area contributed by atoms with Crippen molar-refractivity contribution in [1.82, 2.24) is 0 Å². The number of hydrogen-bond acceptors (Lipinski definition) is 2. The van der Waals surface area contributed by atoms with E-state index >= 15 is 0 Å². The maximum absolute atomic E-state index is 11.1. The quantitative estimate of drug-likeness (QED) is 0.715. The molecule has 1 rings (SSSR count). The molecule has 0 fully saturated rings. The fraction of sp³-hybridized carbons (Fsp3) is 0.500. The molecule has 1 aromatic rings. The molecule has 0 aliphatic heterocycles. The van der Waals surface area contributed by atoms with E-state index in [-0.39, 0.29) is 12.5 Å². The average molecular weight is 236 g/mol. The molecule has 0 saturated heterocycles. The van der Waals surface area contributed by atoms with Crippen LogP contribution in [-0.4, -0.2) is 22.8 Å². The monoisotopic (exact) mass is 236 g/mol. The van der Waals surface area contributed by atoms with Gasteiger partial charge in [0.25, 0.3) is 0 Å². The molecule has 0 heterocycles. The summed E-state index contributed by atoms with van der Waals surface area (Å²) in [6, 6.07) is 7.96. The smallest absolute Gasteiger partial charge is 0.306 e. The molecule has 3 nitrogen and oxygen atoms in total. The van der Waals surface area contributed by atoms with Crippen LogP contribution in [0, 0.1) is 12.8 Å². The van der Waals surface area contributed by atoms with Crippen LogP contribution in [-0.2, 0) is 11.2 Å². The molecule has 1 atom stereocenters. The highest BCUT2D eigenvalue weighted by molar-refractivity contribution is 5.70. The normalized spacial score (nSPS) is 12.4. The molecule has 1 unspecified atom stereocenters. The van der Waals surface area contributed by atoms with Crippen LogP contribution in [0.3, 0.4) is 0 Å². The summed E-state index contributed by atoms with van der Waals surface area (Å²) >= 11 is 0. The summed E-state index contributed by atoms with van der Waals surface area (Å²) in [5.74, 6) is -1.09. The number of aliphatic hydroxyl groups excluding tert-OH is 1. The number of carbonyl (C=O) groups is 1. The molecule has 94 valence electrons. The highest BCUT2D eigenvalue weighted by Crippen LogP contribution is 2.16. The standard InChI is InChI=1S/C14H20O3/c1-11-5-4-6-12(9-11)10-13(14(16)17)7-2-3-8-15/h4-6,9,13,15H,2-3,7-8,10H2,1H3,(H,16,17). The first-order valence-corrected chi connectivity index (χ1v) is 6.02. The van der Waals surface area contributed by atoms with E-state index in [1.54, 1.807) is 0 Å². The van der Waals surface area contributed by atoms with Crippen molar-refractivity contribution >= 4 is 5.97 Å². The van der Waals surface area contributed by atoms with Crippen molar-refractivity contribution in [3.05, 3.63) is 35.4 Å². The Hall–Kier alpha value is -1.35. The summed E-state index contributed by atoms with van der Waals surface area (Å²) in [7, 11) is 0. The van der Waals surface area contributed by atoms with Crippen molar-refractivity contribution in [3.8, 4) is 0 Å². The van der Waals surface area contributed by atoms with Crippen LogP contribution in [0.2, 0.25) is 0 Å². The Kier molecular flexibility index (Phi) is 5.70. The van der Waals surface area contributed by atoms with E-state index < -0.39 is 5.97 Å². The lowest BCUT2D eigenvalue weighted by Gasteiger charge is -2.12. The third-order valence-electron chi connectivity index (χ3n) is 2.87. The van der Waals surface area contributed by atoms with Gasteiger partial charge >= 0.3 is 5.97 Å². The minimum Gasteiger partial charge on any atom is -0.481 e. The van der Waals surface area contributed by atoms with Crippen LogP contribution in [0.1, 0.15) is 30.4 Å². The van der Waals surface area contributed by atoms with Crippen molar-refractivity contribution in [1.29, 1.82) is 0 Å². The lowest BCUT2D eigenvalue weighted by Crippen LogP contribution is -2.16. The largest absolute Gasteiger partial charge is 0.481 e. The second kappa shape index (κ2) is 7.07. The third-order valence-corrected chi connectivity index (χ3v) is 2.87. The number of benzene rings is 1. The van der Waals surface area contributed by atoms with E-state index in [2.05, 4.69) is 0 Å². The summed E-state index contributed by atoms with van der Waals surface area (Å²) in [6.07, 6.45) is 2.64. The van der Waals surface area contributed by atoms with Gasteiger partial charge < -0.3 is 10.2 Å². The van der Waals surface area contributed by atoms with Crippen molar-refractivity contribution in [2.24, 2.45) is 5.92 Å². The Morgan fingerprint density at radius 1 is 1.35 bits per heavy atom. The van der Waals surface area contributed by atoms with Crippen LogP contribution < -0.4 is 0 Å². The summed E-state index contributed by atoms with van der Waals surface area (Å²) < 4.78 is 0. The SMILES string of the molecule is Cc1cccc(CC(CCCCO)C(=O)O)c1. The molecule has 0 spiro atoms. The number of unbranched alkanes of at least 4 members (excludes halogenated alkanes) is 1. The lowest BCUT2D eigenvalue weighted by molar-refractivity contribution is -0.142. The second-order valence-electron chi connectivity index (χ2n) is 4.45. The number of carboxylic acid groups (broad SMARTS) is 1. The second-order valence-corrected chi connectivity index (χ2v) is 4.45. The van der Waals surface area contributed by atoms with Gasteiger partial charge in [0, 0.05) is 6.61 Å². The summed E-state index contributed by atoms with van der Waals surface area (Å²) in [4.78, 5) is 11.1. The van der Waals surface area contributed by atoms with Gasteiger partial charge in [0.1, 0.15) is 0 Å². The highest BCUT2D eigenvalue weighted by atomic mass is 16.4. The molecule has 0 aliphatic carbocycles. The minimum absolute atomic E-state index is 0.136. The van der Waals surface area contributed by atoms with Gasteiger partial charge in [-0.3, -0.25) is 4.79 Å². The van der Waals surface area contributed by atoms with Crippen LogP contribution >= 0.6 is 0 Å². The first-order chi connectivity index (χ1) is 8.13. The van der Waals surface area contributed by atoms with Crippen LogP contribution in [0.5, 0.6) is 0 Å². The molecule has 1 aromatic carbocycles. The van der Waals surface area contributed by atoms with Crippen LogP contribution in [0.25, 0.3) is 0 Å². The molecule has 0 bridgehead atoms. The molecular weight excluding hydrogens is 216 g/mol. The predicted molar refractivity (Wildman–Crippen MR) is 66.9 cm³/mol. The number of hydrogen-bond donors (Lipinski definition) is 2. The number of aliphatic hydroxyl groups is 1. The third kappa shape index (κ3) is 5.00. The van der Waals surface area contributed by atoms with Gasteiger partial charge in [-0.25, -0.2) is 0 Å². The highest BCUT2D eigenvalue weighted by Gasteiger charge is 2.17. The molecule has 2 N–H and O–H groups in total. The topological polar surface area (TPSA) is 57.5 Å². The molecular formula is C14H20O3. The number of aryl methyl sites for hydroxylation is 1. The molecule has 0 aliphatic rings. The first kappa shape index (κ1) is 13.7. The Balaban J connectivity index is 2.57. The van der Waals surface area contributed by atoms with E-state index in [4.69, 9.17) is 10.2 Å². The maximum Gasteiger partial charge on any atom is 0.306 e. The molecule has 0 aromatic heterocycles. The maximum atomic E-state index is 11.1. The number of rotatable bonds is 7. The fourth-order valence-electron chi connectivity index (χ4n) is 1.94. The fourth-order valence-corrected chi connectivity index (χ4v) is 1.94. The van der Waals surface area contributed by atoms with Crippen molar-refractivity contribution < 1.29 is 15.0 Å². The molecule has 3 heteroatoms. The Labute approximate surface area is 102 Å². The Morgan fingerprint density at radius 2 is 2.12 bits per heavy atom. The van der Waals surface area contributed by atoms with Crippen LogP contribution in [0.4, 0.5) is 0 Å². The van der Waals surface area contributed by atoms with Gasteiger partial charge in [-0.15, -0.1) is 0 Å². The van der Waals surface area contributed by atoms with Gasteiger partial charge in [0.2, 0.25) is 0 Å². The van der Waals surface area contributed by atoms with Crippen molar-refractivity contribution in [2.75, 3.05) is 6.61 Å². The van der Waals surface area contributed by atoms with E-state index in [0.29, 0.717) is 19.3 Å². The van der Waals surface area contributed by atoms with E-state index in [1.807, 2.05) is 31.2 Å². The van der Waals surface area contributed by atoms with E-state index in [9.17, 15) is 4.79 Å². The summed E-state index contributed by atoms with van der Waals surface area (Å²) in [5, 5.41) is 17.8. The van der Waals surface area contributed by atoms with Gasteiger partial charge in [0.15, 0.2) is 0 Å². The zero-order valence-electron chi connectivity index (χ0n) is 10.2. The van der Waals surface area contributed by atoms with Gasteiger partial charge in [-0.1, -0.05) is 36.2 Å². The zero-order chi connectivity index (χ0) is 12.7. The van der Waals surface area contributed by atoms with Gasteiger partial charge in [-0.05, 0) is 31.7 Å². The Bertz CT molecular complexity index is 360. The van der Waals surface area contributed by atoms with Gasteiger partial charge in [-0.2, -0.15) is 0 Å². The van der Waals surface area contributed by atoms with E-state index in [0.717, 1.165) is 17.5 Å². The zero-order valence-corrected chi connectivity index (χ0v) is 10.2. The molecule has 0 amide bonds. The van der Waals surface area contributed by atoms with E-state index in [1.165, 1.54) is 0 Å². The predicted octanol–water partition coefficient (Wildman–Crippen LogP) is 2.40. The van der Waals surface area contributed by atoms with Crippen molar-refractivity contribution in [2.45, 2.75) is 32.6 Å². The van der Waals surface area contributed by atoms with Crippen molar-refractivity contribution in [3.63, 3.8) is 0 Å². The lowest BCUT2D eigenvalue weighted by atomic mass is 9.93. The Morgan fingerprint density at radius 3 is 2.71 bits per heavy atom. The molecule has 0 saturated carbocycles. The average Bonchev–Trinajstić information content (AvgIpc) is 2.28. The minimum atomic E-state index is -0.746. The first-order valence-electron chi connectivity index (χ1n) is 6.02. The van der Waals surface area contributed by atoms with Gasteiger partial charge in [0.05, 0.1) is 5.92 Å². The number of carboxylic acids is 1. The number of aliphatic carboxylic acids is 1.